The van der Waals surface area contributed by atoms with E-state index in [-0.39, 0.29) is 29.8 Å². The van der Waals surface area contributed by atoms with Gasteiger partial charge in [0.2, 0.25) is 5.91 Å². The van der Waals surface area contributed by atoms with Crippen molar-refractivity contribution in [3.8, 4) is 0 Å². The van der Waals surface area contributed by atoms with Gasteiger partial charge in [-0.25, -0.2) is 4.79 Å². The van der Waals surface area contributed by atoms with E-state index in [9.17, 15) is 14.4 Å². The number of rotatable bonds is 7. The van der Waals surface area contributed by atoms with Gasteiger partial charge in [-0.2, -0.15) is 0 Å². The molecule has 1 saturated heterocycles. The summed E-state index contributed by atoms with van der Waals surface area (Å²) in [6, 6.07) is -0.0109. The first-order valence-electron chi connectivity index (χ1n) is 10.1. The van der Waals surface area contributed by atoms with Crippen LogP contribution in [0.3, 0.4) is 0 Å². The Morgan fingerprint density at radius 3 is 2.19 bits per heavy atom. The summed E-state index contributed by atoms with van der Waals surface area (Å²) in [7, 11) is 0. The molecule has 0 aromatic rings. The number of piperidine rings is 1. The van der Waals surface area contributed by atoms with Crippen LogP contribution < -0.4 is 10.6 Å². The quantitative estimate of drug-likeness (QED) is 0.602. The van der Waals surface area contributed by atoms with Crippen molar-refractivity contribution in [2.75, 3.05) is 19.6 Å². The normalized spacial score (nSPS) is 24.1. The fraction of sp³-hybridized carbons (Fsp3) is 0.842. The van der Waals surface area contributed by atoms with Crippen LogP contribution in [-0.4, -0.2) is 53.6 Å². The Balaban J connectivity index is 1.65. The maximum absolute atomic E-state index is 12.4. The lowest BCUT2D eigenvalue weighted by molar-refractivity contribution is -0.142. The van der Waals surface area contributed by atoms with Crippen LogP contribution in [0.4, 0.5) is 4.79 Å². The van der Waals surface area contributed by atoms with Crippen LogP contribution in [0.5, 0.6) is 0 Å². The number of amides is 3. The fourth-order valence-corrected chi connectivity index (χ4v) is 3.83. The minimum Gasteiger partial charge on any atom is -0.481 e. The highest BCUT2D eigenvalue weighted by Crippen LogP contribution is 2.25. The number of nitrogens with zero attached hydrogens (tertiary/aromatic N) is 1. The Morgan fingerprint density at radius 1 is 0.962 bits per heavy atom. The Bertz CT molecular complexity index is 481. The molecule has 0 radical (unpaired) electrons. The van der Waals surface area contributed by atoms with Gasteiger partial charge in [0.25, 0.3) is 0 Å². The number of hydrogen-bond donors (Lipinski definition) is 3. The van der Waals surface area contributed by atoms with E-state index in [0.29, 0.717) is 38.8 Å². The molecule has 1 heterocycles. The van der Waals surface area contributed by atoms with Crippen molar-refractivity contribution in [1.82, 2.24) is 15.5 Å². The SMILES string of the molecule is CCCCCNC(=O)C1CCN(C(=O)NC2CCC(C(=O)O)CC2)CC1. The van der Waals surface area contributed by atoms with E-state index >= 15 is 0 Å². The zero-order valence-electron chi connectivity index (χ0n) is 15.8. The second kappa shape index (κ2) is 10.4. The van der Waals surface area contributed by atoms with E-state index in [1.807, 2.05) is 0 Å². The molecule has 0 bridgehead atoms. The number of nitrogens with one attached hydrogen (secondary N) is 2. The maximum Gasteiger partial charge on any atom is 0.317 e. The molecule has 3 amide bonds. The molecule has 148 valence electrons. The average Bonchev–Trinajstić information content (AvgIpc) is 2.65. The van der Waals surface area contributed by atoms with Crippen LogP contribution in [0.15, 0.2) is 0 Å². The van der Waals surface area contributed by atoms with Gasteiger partial charge in [-0.15, -0.1) is 0 Å². The molecule has 1 aliphatic carbocycles. The summed E-state index contributed by atoms with van der Waals surface area (Å²) in [4.78, 5) is 37.3. The van der Waals surface area contributed by atoms with Crippen LogP contribution in [0.1, 0.15) is 64.7 Å². The Morgan fingerprint density at radius 2 is 1.62 bits per heavy atom. The largest absolute Gasteiger partial charge is 0.481 e. The summed E-state index contributed by atoms with van der Waals surface area (Å²) in [5.41, 5.74) is 0. The number of carbonyl (C=O) groups excluding carboxylic acids is 2. The third-order valence-corrected chi connectivity index (χ3v) is 5.64. The number of urea groups is 1. The molecule has 0 unspecified atom stereocenters. The predicted octanol–water partition coefficient (Wildman–Crippen LogP) is 2.36. The molecule has 3 N–H and O–H groups in total. The molecule has 0 aromatic heterocycles. The Hall–Kier alpha value is -1.79. The number of hydrogen-bond acceptors (Lipinski definition) is 3. The first kappa shape index (κ1) is 20.5. The van der Waals surface area contributed by atoms with E-state index in [1.54, 1.807) is 4.90 Å². The lowest BCUT2D eigenvalue weighted by Crippen LogP contribution is -2.50. The van der Waals surface area contributed by atoms with Gasteiger partial charge >= 0.3 is 12.0 Å². The smallest absolute Gasteiger partial charge is 0.317 e. The molecule has 1 aliphatic heterocycles. The number of unbranched alkanes of at least 4 members (excludes halogenated alkanes) is 2. The Labute approximate surface area is 155 Å². The molecule has 0 atom stereocenters. The number of likely N-dealkylation sites (tertiary alicyclic amines) is 1. The van der Waals surface area contributed by atoms with Crippen LogP contribution in [0, 0.1) is 11.8 Å². The van der Waals surface area contributed by atoms with Crippen molar-refractivity contribution in [2.45, 2.75) is 70.8 Å². The van der Waals surface area contributed by atoms with E-state index in [0.717, 1.165) is 38.6 Å². The average molecular weight is 367 g/mol. The third kappa shape index (κ3) is 6.18. The zero-order chi connectivity index (χ0) is 18.9. The highest BCUT2D eigenvalue weighted by Gasteiger charge is 2.30. The van der Waals surface area contributed by atoms with Crippen LogP contribution >= 0.6 is 0 Å². The van der Waals surface area contributed by atoms with Crippen LogP contribution in [-0.2, 0) is 9.59 Å². The molecular weight excluding hydrogens is 334 g/mol. The first-order chi connectivity index (χ1) is 12.5. The molecule has 7 heteroatoms. The lowest BCUT2D eigenvalue weighted by Gasteiger charge is -2.34. The second-order valence-corrected chi connectivity index (χ2v) is 7.60. The van der Waals surface area contributed by atoms with E-state index in [2.05, 4.69) is 17.6 Å². The minimum absolute atomic E-state index is 0.00619. The molecule has 0 aromatic carbocycles. The lowest BCUT2D eigenvalue weighted by atomic mass is 9.86. The van der Waals surface area contributed by atoms with E-state index in [4.69, 9.17) is 5.11 Å². The third-order valence-electron chi connectivity index (χ3n) is 5.64. The van der Waals surface area contributed by atoms with Crippen molar-refractivity contribution in [1.29, 1.82) is 0 Å². The van der Waals surface area contributed by atoms with Gasteiger partial charge < -0.3 is 20.6 Å². The second-order valence-electron chi connectivity index (χ2n) is 7.60. The van der Waals surface area contributed by atoms with E-state index in [1.165, 1.54) is 0 Å². The number of aliphatic carboxylic acids is 1. The highest BCUT2D eigenvalue weighted by atomic mass is 16.4. The molecule has 7 nitrogen and oxygen atoms in total. The van der Waals surface area contributed by atoms with Crippen molar-refractivity contribution in [3.05, 3.63) is 0 Å². The molecule has 2 fully saturated rings. The monoisotopic (exact) mass is 367 g/mol. The number of carboxylic acids is 1. The van der Waals surface area contributed by atoms with Crippen molar-refractivity contribution in [3.63, 3.8) is 0 Å². The molecule has 0 spiro atoms. The molecule has 1 saturated carbocycles. The Kier molecular flexibility index (Phi) is 8.19. The summed E-state index contributed by atoms with van der Waals surface area (Å²) >= 11 is 0. The molecule has 2 aliphatic rings. The van der Waals surface area contributed by atoms with Crippen LogP contribution in [0.2, 0.25) is 0 Å². The van der Waals surface area contributed by atoms with Crippen molar-refractivity contribution in [2.24, 2.45) is 11.8 Å². The highest BCUT2D eigenvalue weighted by molar-refractivity contribution is 5.79. The van der Waals surface area contributed by atoms with Crippen LogP contribution in [0.25, 0.3) is 0 Å². The van der Waals surface area contributed by atoms with Gasteiger partial charge in [-0.05, 0) is 44.9 Å². The first-order valence-corrected chi connectivity index (χ1v) is 10.1. The summed E-state index contributed by atoms with van der Waals surface area (Å²) in [5, 5.41) is 15.1. The number of carbonyl (C=O) groups is 3. The van der Waals surface area contributed by atoms with Gasteiger partial charge in [0.15, 0.2) is 0 Å². The topological polar surface area (TPSA) is 98.7 Å². The molecule has 26 heavy (non-hydrogen) atoms. The van der Waals surface area contributed by atoms with E-state index < -0.39 is 5.97 Å². The summed E-state index contributed by atoms with van der Waals surface area (Å²) in [5.74, 6) is -0.876. The van der Waals surface area contributed by atoms with Gasteiger partial charge in [-0.1, -0.05) is 19.8 Å². The maximum atomic E-state index is 12.4. The van der Waals surface area contributed by atoms with Crippen molar-refractivity contribution >= 4 is 17.9 Å². The molecule has 2 rings (SSSR count). The number of carboxylic acid groups (broad SMARTS) is 1. The summed E-state index contributed by atoms with van der Waals surface area (Å²) in [6.07, 6.45) is 7.40. The summed E-state index contributed by atoms with van der Waals surface area (Å²) in [6.45, 7) is 4.08. The van der Waals surface area contributed by atoms with Gasteiger partial charge in [-0.3, -0.25) is 9.59 Å². The molecular formula is C19H33N3O4. The predicted molar refractivity (Wildman–Crippen MR) is 98.7 cm³/mol. The van der Waals surface area contributed by atoms with Gasteiger partial charge in [0.05, 0.1) is 5.92 Å². The minimum atomic E-state index is -0.732. The van der Waals surface area contributed by atoms with Crippen molar-refractivity contribution < 1.29 is 19.5 Å². The fourth-order valence-electron chi connectivity index (χ4n) is 3.83. The standard InChI is InChI=1S/C19H33N3O4/c1-2-3-4-11-20-17(23)14-9-12-22(13-10-14)19(26)21-16-7-5-15(6-8-16)18(24)25/h14-16H,2-13H2,1H3,(H,20,23)(H,21,26)(H,24,25). The zero-order valence-corrected chi connectivity index (χ0v) is 15.8. The van der Waals surface area contributed by atoms with Gasteiger partial charge in [0.1, 0.15) is 0 Å². The summed E-state index contributed by atoms with van der Waals surface area (Å²) < 4.78 is 0. The van der Waals surface area contributed by atoms with Gasteiger partial charge in [0, 0.05) is 31.6 Å².